The third-order valence-corrected chi connectivity index (χ3v) is 2.42. The highest BCUT2D eigenvalue weighted by Gasteiger charge is 2.01. The van der Waals surface area contributed by atoms with E-state index >= 15 is 0 Å². The minimum atomic E-state index is 0.627. The van der Waals surface area contributed by atoms with Gasteiger partial charge in [0.05, 0.1) is 13.2 Å². The van der Waals surface area contributed by atoms with Crippen LogP contribution in [-0.2, 0) is 6.54 Å². The van der Waals surface area contributed by atoms with E-state index in [9.17, 15) is 0 Å². The lowest BCUT2D eigenvalue weighted by Gasteiger charge is -2.16. The van der Waals surface area contributed by atoms with Gasteiger partial charge in [0.15, 0.2) is 0 Å². The molecule has 0 bridgehead atoms. The third-order valence-electron chi connectivity index (χ3n) is 2.42. The van der Waals surface area contributed by atoms with Crippen molar-refractivity contribution in [1.82, 2.24) is 4.90 Å². The van der Waals surface area contributed by atoms with Crippen LogP contribution in [0.1, 0.15) is 18.4 Å². The van der Waals surface area contributed by atoms with Crippen molar-refractivity contribution < 1.29 is 4.74 Å². The molecule has 1 rings (SSSR count). The number of rotatable bonds is 6. The van der Waals surface area contributed by atoms with E-state index in [1.807, 2.05) is 18.2 Å². The smallest absolute Gasteiger partial charge is 0.119 e. The lowest BCUT2D eigenvalue weighted by Crippen LogP contribution is -2.18. The molecule has 0 aliphatic carbocycles. The van der Waals surface area contributed by atoms with Crippen LogP contribution in [-0.4, -0.2) is 25.6 Å². The molecule has 16 heavy (non-hydrogen) atoms. The minimum absolute atomic E-state index is 0.627. The molecule has 0 aliphatic heterocycles. The molecule has 1 aromatic rings. The molecule has 86 valence electrons. The number of ether oxygens (including phenoxy) is 1. The Balaban J connectivity index is 2.43. The summed E-state index contributed by atoms with van der Waals surface area (Å²) in [7, 11) is 3.74. The number of hydrogen-bond acceptors (Lipinski definition) is 3. The maximum absolute atomic E-state index is 8.45. The molecule has 0 N–H and O–H groups in total. The van der Waals surface area contributed by atoms with Gasteiger partial charge in [-0.25, -0.2) is 0 Å². The highest BCUT2D eigenvalue weighted by atomic mass is 16.5. The Kier molecular flexibility index (Phi) is 5.38. The number of unbranched alkanes of at least 4 members (excludes halogenated alkanes) is 1. The normalized spacial score (nSPS) is 10.1. The highest BCUT2D eigenvalue weighted by Crippen LogP contribution is 2.13. The van der Waals surface area contributed by atoms with E-state index in [1.165, 1.54) is 5.56 Å². The Morgan fingerprint density at radius 3 is 2.94 bits per heavy atom. The molecule has 0 saturated heterocycles. The zero-order valence-electron chi connectivity index (χ0n) is 9.94. The van der Waals surface area contributed by atoms with E-state index in [2.05, 4.69) is 24.1 Å². The summed E-state index contributed by atoms with van der Waals surface area (Å²) < 4.78 is 5.17. The molecule has 0 spiro atoms. The molecular weight excluding hydrogens is 200 g/mol. The molecule has 0 radical (unpaired) electrons. The first-order valence-electron chi connectivity index (χ1n) is 5.44. The quantitative estimate of drug-likeness (QED) is 0.688. The Labute approximate surface area is 97.3 Å². The van der Waals surface area contributed by atoms with Crippen LogP contribution in [0, 0.1) is 11.3 Å². The molecule has 0 atom stereocenters. The number of hydrogen-bond donors (Lipinski definition) is 0. The molecular formula is C13H18N2O. The lowest BCUT2D eigenvalue weighted by molar-refractivity contribution is 0.322. The first kappa shape index (κ1) is 12.5. The van der Waals surface area contributed by atoms with Gasteiger partial charge in [-0.2, -0.15) is 5.26 Å². The Hall–Kier alpha value is -1.53. The van der Waals surface area contributed by atoms with Gasteiger partial charge in [-0.1, -0.05) is 12.1 Å². The van der Waals surface area contributed by atoms with Crippen LogP contribution in [0.15, 0.2) is 24.3 Å². The maximum atomic E-state index is 8.45. The van der Waals surface area contributed by atoms with Crippen molar-refractivity contribution >= 4 is 0 Å². The van der Waals surface area contributed by atoms with Gasteiger partial charge in [-0.05, 0) is 37.7 Å². The van der Waals surface area contributed by atoms with Gasteiger partial charge in [0, 0.05) is 13.0 Å². The molecule has 0 saturated carbocycles. The average Bonchev–Trinajstić information content (AvgIpc) is 2.29. The Morgan fingerprint density at radius 1 is 1.44 bits per heavy atom. The first-order chi connectivity index (χ1) is 7.76. The molecule has 0 fully saturated rings. The van der Waals surface area contributed by atoms with Crippen LogP contribution in [0.4, 0.5) is 0 Å². The highest BCUT2D eigenvalue weighted by molar-refractivity contribution is 5.28. The lowest BCUT2D eigenvalue weighted by atomic mass is 10.2. The van der Waals surface area contributed by atoms with E-state index in [4.69, 9.17) is 10.00 Å². The van der Waals surface area contributed by atoms with Gasteiger partial charge in [0.2, 0.25) is 0 Å². The monoisotopic (exact) mass is 218 g/mol. The van der Waals surface area contributed by atoms with E-state index in [-0.39, 0.29) is 0 Å². The van der Waals surface area contributed by atoms with Crippen molar-refractivity contribution in [3.8, 4) is 11.8 Å². The fourth-order valence-corrected chi connectivity index (χ4v) is 1.59. The van der Waals surface area contributed by atoms with Crippen molar-refractivity contribution in [3.05, 3.63) is 29.8 Å². The first-order valence-corrected chi connectivity index (χ1v) is 5.44. The summed E-state index contributed by atoms with van der Waals surface area (Å²) in [6.45, 7) is 1.84. The van der Waals surface area contributed by atoms with Gasteiger partial charge in [-0.3, -0.25) is 0 Å². The molecule has 0 unspecified atom stereocenters. The van der Waals surface area contributed by atoms with Crippen LogP contribution in [0.25, 0.3) is 0 Å². The predicted molar refractivity (Wildman–Crippen MR) is 64.2 cm³/mol. The summed E-state index contributed by atoms with van der Waals surface area (Å²) in [5.41, 5.74) is 1.24. The summed E-state index contributed by atoms with van der Waals surface area (Å²) in [5.74, 6) is 0.892. The molecule has 0 aromatic heterocycles. The second-order valence-corrected chi connectivity index (χ2v) is 3.85. The van der Waals surface area contributed by atoms with Crippen LogP contribution in [0.5, 0.6) is 5.75 Å². The molecule has 0 aliphatic rings. The van der Waals surface area contributed by atoms with Crippen molar-refractivity contribution in [3.63, 3.8) is 0 Å². The fourth-order valence-electron chi connectivity index (χ4n) is 1.59. The summed E-state index contributed by atoms with van der Waals surface area (Å²) in [4.78, 5) is 2.21. The Bertz CT molecular complexity index is 357. The van der Waals surface area contributed by atoms with Crippen LogP contribution >= 0.6 is 0 Å². The van der Waals surface area contributed by atoms with Gasteiger partial charge in [0.25, 0.3) is 0 Å². The zero-order valence-corrected chi connectivity index (χ0v) is 9.94. The van der Waals surface area contributed by atoms with E-state index in [0.29, 0.717) is 6.42 Å². The van der Waals surface area contributed by atoms with Gasteiger partial charge >= 0.3 is 0 Å². The SMILES string of the molecule is COc1cccc(CN(C)CCCC#N)c1. The number of nitriles is 1. The second kappa shape index (κ2) is 6.86. The topological polar surface area (TPSA) is 36.3 Å². The average molecular weight is 218 g/mol. The van der Waals surface area contributed by atoms with E-state index in [0.717, 1.165) is 25.3 Å². The van der Waals surface area contributed by atoms with Crippen molar-refractivity contribution in [2.75, 3.05) is 20.7 Å². The van der Waals surface area contributed by atoms with Crippen LogP contribution in [0.2, 0.25) is 0 Å². The molecule has 1 aromatic carbocycles. The fraction of sp³-hybridized carbons (Fsp3) is 0.462. The summed E-state index contributed by atoms with van der Waals surface area (Å²) >= 11 is 0. The summed E-state index contributed by atoms with van der Waals surface area (Å²) in [6, 6.07) is 10.2. The number of benzene rings is 1. The predicted octanol–water partition coefficient (Wildman–Crippen LogP) is 2.43. The molecule has 3 nitrogen and oxygen atoms in total. The van der Waals surface area contributed by atoms with Crippen molar-refractivity contribution in [1.29, 1.82) is 5.26 Å². The van der Waals surface area contributed by atoms with Gasteiger partial charge < -0.3 is 9.64 Å². The minimum Gasteiger partial charge on any atom is -0.497 e. The van der Waals surface area contributed by atoms with Crippen LogP contribution < -0.4 is 4.74 Å². The van der Waals surface area contributed by atoms with Crippen molar-refractivity contribution in [2.24, 2.45) is 0 Å². The van der Waals surface area contributed by atoms with Gasteiger partial charge in [0.1, 0.15) is 5.75 Å². The number of methoxy groups -OCH3 is 1. The third kappa shape index (κ3) is 4.33. The zero-order chi connectivity index (χ0) is 11.8. The largest absolute Gasteiger partial charge is 0.497 e. The molecule has 0 heterocycles. The maximum Gasteiger partial charge on any atom is 0.119 e. The second-order valence-electron chi connectivity index (χ2n) is 3.85. The Morgan fingerprint density at radius 2 is 2.25 bits per heavy atom. The van der Waals surface area contributed by atoms with E-state index < -0.39 is 0 Å². The standard InChI is InChI=1S/C13H18N2O/c1-15(9-4-3-8-14)11-12-6-5-7-13(10-12)16-2/h5-7,10H,3-4,9,11H2,1-2H3. The van der Waals surface area contributed by atoms with Crippen molar-refractivity contribution in [2.45, 2.75) is 19.4 Å². The number of nitrogens with zero attached hydrogens (tertiary/aromatic N) is 2. The molecule has 3 heteroatoms. The summed E-state index contributed by atoms with van der Waals surface area (Å²) in [6.07, 6.45) is 1.55. The molecule has 0 amide bonds. The summed E-state index contributed by atoms with van der Waals surface area (Å²) in [5, 5.41) is 8.45. The van der Waals surface area contributed by atoms with E-state index in [1.54, 1.807) is 7.11 Å². The van der Waals surface area contributed by atoms with Gasteiger partial charge in [-0.15, -0.1) is 0 Å². The van der Waals surface area contributed by atoms with Crippen LogP contribution in [0.3, 0.4) is 0 Å².